The Balaban J connectivity index is 2.11. The van der Waals surface area contributed by atoms with Crippen molar-refractivity contribution in [2.24, 2.45) is 7.05 Å². The van der Waals surface area contributed by atoms with Crippen molar-refractivity contribution in [1.82, 2.24) is 14.8 Å². The molecule has 0 bridgehead atoms. The van der Waals surface area contributed by atoms with E-state index in [1.165, 1.54) is 16.0 Å². The van der Waals surface area contributed by atoms with Crippen LogP contribution in [-0.4, -0.2) is 21.9 Å². The van der Waals surface area contributed by atoms with Gasteiger partial charge >= 0.3 is 0 Å². The predicted octanol–water partition coefficient (Wildman–Crippen LogP) is 3.20. The van der Waals surface area contributed by atoms with Gasteiger partial charge in [0, 0.05) is 18.0 Å². The molecule has 0 atom stereocenters. The first kappa shape index (κ1) is 15.4. The molecule has 0 spiro atoms. The van der Waals surface area contributed by atoms with Gasteiger partial charge in [-0.05, 0) is 31.5 Å². The van der Waals surface area contributed by atoms with E-state index in [1.807, 2.05) is 43.5 Å². The molecule has 3 rings (SSSR count). The van der Waals surface area contributed by atoms with Gasteiger partial charge in [-0.2, -0.15) is 5.10 Å². The molecule has 0 aliphatic heterocycles. The van der Waals surface area contributed by atoms with Crippen LogP contribution in [0.2, 0.25) is 0 Å². The second-order valence-electron chi connectivity index (χ2n) is 5.28. The van der Waals surface area contributed by atoms with Crippen molar-refractivity contribution in [1.29, 1.82) is 0 Å². The molecule has 0 saturated heterocycles. The summed E-state index contributed by atoms with van der Waals surface area (Å²) in [5, 5.41) is 6.88. The Labute approximate surface area is 138 Å². The van der Waals surface area contributed by atoms with Gasteiger partial charge in [0.05, 0.1) is 24.1 Å². The summed E-state index contributed by atoms with van der Waals surface area (Å²) < 4.78 is 6.62. The Morgan fingerprint density at radius 2 is 2.04 bits per heavy atom. The van der Waals surface area contributed by atoms with Crippen molar-refractivity contribution in [3.63, 3.8) is 0 Å². The van der Waals surface area contributed by atoms with Crippen molar-refractivity contribution >= 4 is 11.3 Å². The molecule has 0 unspecified atom stereocenters. The van der Waals surface area contributed by atoms with Crippen LogP contribution in [0.3, 0.4) is 0 Å². The third-order valence-corrected chi connectivity index (χ3v) is 4.67. The van der Waals surface area contributed by atoms with E-state index in [1.54, 1.807) is 14.2 Å². The highest BCUT2D eigenvalue weighted by atomic mass is 32.1. The molecule has 118 valence electrons. The molecule has 5 nitrogen and oxygen atoms in total. The third kappa shape index (κ3) is 2.77. The number of benzene rings is 1. The molecule has 0 fully saturated rings. The minimum atomic E-state index is -0.125. The number of rotatable bonds is 3. The van der Waals surface area contributed by atoms with E-state index in [-0.39, 0.29) is 5.56 Å². The van der Waals surface area contributed by atoms with Gasteiger partial charge in [-0.3, -0.25) is 4.79 Å². The van der Waals surface area contributed by atoms with Crippen LogP contribution in [-0.2, 0) is 7.05 Å². The minimum absolute atomic E-state index is 0.125. The van der Waals surface area contributed by atoms with Crippen LogP contribution in [0.4, 0.5) is 0 Å². The average Bonchev–Trinajstić information content (AvgIpc) is 3.03. The zero-order valence-electron chi connectivity index (χ0n) is 13.5. The second kappa shape index (κ2) is 5.96. The number of aromatic nitrogens is 3. The van der Waals surface area contributed by atoms with Gasteiger partial charge in [-0.15, -0.1) is 11.3 Å². The third-order valence-electron chi connectivity index (χ3n) is 3.81. The van der Waals surface area contributed by atoms with E-state index >= 15 is 0 Å². The molecule has 2 heterocycles. The molecule has 6 heteroatoms. The molecule has 0 amide bonds. The number of thiazole rings is 1. The standard InChI is InChI=1S/C17H17N3O2S/c1-10-11(2)19-20(3)17(21)15(10)16-18-14(9-23-16)12-6-5-7-13(8-12)22-4/h5-9H,1-4H3. The monoisotopic (exact) mass is 327 g/mol. The molecule has 2 aromatic heterocycles. The van der Waals surface area contributed by atoms with E-state index < -0.39 is 0 Å². The smallest absolute Gasteiger partial charge is 0.277 e. The summed E-state index contributed by atoms with van der Waals surface area (Å²) >= 11 is 1.46. The molecular weight excluding hydrogens is 310 g/mol. The lowest BCUT2D eigenvalue weighted by atomic mass is 10.1. The number of aryl methyl sites for hydroxylation is 2. The van der Waals surface area contributed by atoms with Gasteiger partial charge in [0.15, 0.2) is 0 Å². The highest BCUT2D eigenvalue weighted by molar-refractivity contribution is 7.13. The van der Waals surface area contributed by atoms with Crippen LogP contribution < -0.4 is 10.3 Å². The van der Waals surface area contributed by atoms with Gasteiger partial charge in [-0.1, -0.05) is 12.1 Å². The van der Waals surface area contributed by atoms with Gasteiger partial charge in [0.2, 0.25) is 0 Å². The van der Waals surface area contributed by atoms with Crippen molar-refractivity contribution in [3.8, 4) is 27.6 Å². The summed E-state index contributed by atoms with van der Waals surface area (Å²) in [5.41, 5.74) is 4.01. The summed E-state index contributed by atoms with van der Waals surface area (Å²) in [6.45, 7) is 3.81. The number of hydrogen-bond acceptors (Lipinski definition) is 5. The normalized spacial score (nSPS) is 10.8. The summed E-state index contributed by atoms with van der Waals surface area (Å²) in [6.07, 6.45) is 0. The summed E-state index contributed by atoms with van der Waals surface area (Å²) in [6, 6.07) is 7.72. The fraction of sp³-hybridized carbons (Fsp3) is 0.235. The largest absolute Gasteiger partial charge is 0.497 e. The predicted molar refractivity (Wildman–Crippen MR) is 92.0 cm³/mol. The molecule has 0 saturated carbocycles. The van der Waals surface area contributed by atoms with E-state index in [0.717, 1.165) is 28.3 Å². The van der Waals surface area contributed by atoms with Gasteiger partial charge in [-0.25, -0.2) is 9.67 Å². The molecule has 1 aromatic carbocycles. The lowest BCUT2D eigenvalue weighted by molar-refractivity contribution is 0.415. The first-order valence-electron chi connectivity index (χ1n) is 7.16. The van der Waals surface area contributed by atoms with Crippen LogP contribution in [0.25, 0.3) is 21.8 Å². The zero-order valence-corrected chi connectivity index (χ0v) is 14.3. The zero-order chi connectivity index (χ0) is 16.6. The highest BCUT2D eigenvalue weighted by Gasteiger charge is 2.16. The quantitative estimate of drug-likeness (QED) is 0.741. The summed E-state index contributed by atoms with van der Waals surface area (Å²) in [5.74, 6) is 0.781. The number of hydrogen-bond donors (Lipinski definition) is 0. The molecule has 23 heavy (non-hydrogen) atoms. The molecule has 0 N–H and O–H groups in total. The summed E-state index contributed by atoms with van der Waals surface area (Å²) in [4.78, 5) is 17.1. The Hall–Kier alpha value is -2.47. The maximum Gasteiger partial charge on any atom is 0.277 e. The fourth-order valence-corrected chi connectivity index (χ4v) is 3.33. The Morgan fingerprint density at radius 3 is 2.78 bits per heavy atom. The maximum absolute atomic E-state index is 12.4. The van der Waals surface area contributed by atoms with Crippen molar-refractivity contribution in [2.45, 2.75) is 13.8 Å². The van der Waals surface area contributed by atoms with Crippen LogP contribution >= 0.6 is 11.3 Å². The molecule has 3 aromatic rings. The highest BCUT2D eigenvalue weighted by Crippen LogP contribution is 2.30. The van der Waals surface area contributed by atoms with Crippen molar-refractivity contribution < 1.29 is 4.74 Å². The average molecular weight is 327 g/mol. The SMILES string of the molecule is COc1cccc(-c2csc(-c3c(C)c(C)nn(C)c3=O)n2)c1. The lowest BCUT2D eigenvalue weighted by Crippen LogP contribution is -2.23. The number of nitrogens with zero attached hydrogens (tertiary/aromatic N) is 3. The van der Waals surface area contributed by atoms with Crippen molar-refractivity contribution in [2.75, 3.05) is 7.11 Å². The van der Waals surface area contributed by atoms with Crippen LogP contribution in [0, 0.1) is 13.8 Å². The first-order valence-corrected chi connectivity index (χ1v) is 8.04. The number of ether oxygens (including phenoxy) is 1. The second-order valence-corrected chi connectivity index (χ2v) is 6.14. The first-order chi connectivity index (χ1) is 11.0. The molecular formula is C17H17N3O2S. The number of methoxy groups -OCH3 is 1. The van der Waals surface area contributed by atoms with Crippen LogP contribution in [0.5, 0.6) is 5.75 Å². The summed E-state index contributed by atoms with van der Waals surface area (Å²) in [7, 11) is 3.30. The van der Waals surface area contributed by atoms with Gasteiger partial charge in [0.1, 0.15) is 10.8 Å². The maximum atomic E-state index is 12.4. The van der Waals surface area contributed by atoms with E-state index in [2.05, 4.69) is 10.1 Å². The Kier molecular flexibility index (Phi) is 4.00. The molecule has 0 radical (unpaired) electrons. The fourth-order valence-electron chi connectivity index (χ4n) is 2.40. The lowest BCUT2D eigenvalue weighted by Gasteiger charge is -2.07. The van der Waals surface area contributed by atoms with Gasteiger partial charge < -0.3 is 4.74 Å². The molecule has 0 aliphatic rings. The minimum Gasteiger partial charge on any atom is -0.497 e. The van der Waals surface area contributed by atoms with E-state index in [4.69, 9.17) is 4.74 Å². The van der Waals surface area contributed by atoms with Crippen LogP contribution in [0.15, 0.2) is 34.4 Å². The topological polar surface area (TPSA) is 57.0 Å². The Morgan fingerprint density at radius 1 is 1.26 bits per heavy atom. The van der Waals surface area contributed by atoms with Crippen LogP contribution in [0.1, 0.15) is 11.3 Å². The van der Waals surface area contributed by atoms with Crippen molar-refractivity contribution in [3.05, 3.63) is 51.3 Å². The van der Waals surface area contributed by atoms with Gasteiger partial charge in [0.25, 0.3) is 5.56 Å². The van der Waals surface area contributed by atoms with E-state index in [9.17, 15) is 4.79 Å². The Bertz CT molecular complexity index is 928. The molecule has 0 aliphatic carbocycles. The van der Waals surface area contributed by atoms with E-state index in [0.29, 0.717) is 10.6 Å².